The van der Waals surface area contributed by atoms with E-state index >= 15 is 0 Å². The Bertz CT molecular complexity index is 4360. The minimum absolute atomic E-state index is 0.413. The summed E-state index contributed by atoms with van der Waals surface area (Å²) in [6, 6.07) is 100.0. The van der Waals surface area contributed by atoms with Crippen molar-refractivity contribution in [3.05, 3.63) is 366 Å². The average molecular weight is 1140 g/mol. The van der Waals surface area contributed by atoms with Gasteiger partial charge in [0, 0.05) is 55.8 Å². The summed E-state index contributed by atoms with van der Waals surface area (Å²) in [7, 11) is 0. The van der Waals surface area contributed by atoms with Crippen LogP contribution in [-0.4, -0.2) is 16.8 Å². The van der Waals surface area contributed by atoms with Crippen LogP contribution in [0.5, 0.6) is 0 Å². The third-order valence-electron chi connectivity index (χ3n) is 17.7. The van der Waals surface area contributed by atoms with Gasteiger partial charge in [-0.2, -0.15) is 0 Å². The molecule has 0 fully saturated rings. The van der Waals surface area contributed by atoms with Gasteiger partial charge >= 0.3 is 0 Å². The number of allylic oxidation sites excluding steroid dienone is 3. The van der Waals surface area contributed by atoms with Crippen LogP contribution in [0.2, 0.25) is 0 Å². The minimum Gasteiger partial charge on any atom is -0.310 e. The van der Waals surface area contributed by atoms with E-state index in [0.717, 1.165) is 63.2 Å². The van der Waals surface area contributed by atoms with E-state index in [9.17, 15) is 0 Å². The second kappa shape index (κ2) is 23.3. The van der Waals surface area contributed by atoms with Crippen LogP contribution >= 0.6 is 23.5 Å². The topological polar surface area (TPSA) is 6.48 Å². The van der Waals surface area contributed by atoms with E-state index in [0.29, 0.717) is 5.25 Å². The van der Waals surface area contributed by atoms with Crippen LogP contribution in [0.1, 0.15) is 56.5 Å². The smallest absolute Gasteiger partial charge is 0.0714 e. The molecular weight excluding hydrogens is 1080 g/mol. The maximum Gasteiger partial charge on any atom is 0.0714 e. The Hall–Kier alpha value is -9.32. The van der Waals surface area contributed by atoms with Crippen molar-refractivity contribution in [3.63, 3.8) is 0 Å². The first-order chi connectivity index (χ1) is 42.4. The molecule has 2 nitrogen and oxygen atoms in total. The zero-order chi connectivity index (χ0) is 58.2. The fourth-order valence-corrected chi connectivity index (χ4v) is 15.2. The summed E-state index contributed by atoms with van der Waals surface area (Å²) < 4.78 is 0. The predicted octanol–water partition coefficient (Wildman–Crippen LogP) is 22.0. The van der Waals surface area contributed by atoms with Gasteiger partial charge < -0.3 is 9.80 Å². The van der Waals surface area contributed by atoms with Gasteiger partial charge in [0.15, 0.2) is 0 Å². The lowest BCUT2D eigenvalue weighted by Gasteiger charge is -2.37. The number of hydrogen-bond donors (Lipinski definition) is 0. The molecule has 0 bridgehead atoms. The number of fused-ring (bicyclic) bond motifs is 6. The predicted molar refractivity (Wildman–Crippen MR) is 369 cm³/mol. The van der Waals surface area contributed by atoms with Crippen LogP contribution in [0.4, 0.5) is 34.1 Å². The first-order valence-corrected chi connectivity index (χ1v) is 31.9. The normalized spacial score (nSPS) is 17.0. The van der Waals surface area contributed by atoms with Crippen molar-refractivity contribution in [1.82, 2.24) is 0 Å². The third-order valence-corrected chi connectivity index (χ3v) is 19.9. The number of nitrogens with zero attached hydrogens (tertiary/aromatic N) is 2. The molecular formula is C82H66N2S2. The summed E-state index contributed by atoms with van der Waals surface area (Å²) in [5.74, 6) is 1.80. The second-order valence-corrected chi connectivity index (χ2v) is 25.1. The Kier molecular flexibility index (Phi) is 14.8. The molecule has 11 aromatic rings. The van der Waals surface area contributed by atoms with Crippen molar-refractivity contribution in [2.45, 2.75) is 41.2 Å². The van der Waals surface area contributed by atoms with E-state index in [1.54, 1.807) is 0 Å². The molecule has 0 saturated heterocycles. The van der Waals surface area contributed by atoms with E-state index in [4.69, 9.17) is 0 Å². The summed E-state index contributed by atoms with van der Waals surface area (Å²) in [4.78, 5) is 6.06. The number of aryl methyl sites for hydroxylation is 2. The summed E-state index contributed by atoms with van der Waals surface area (Å²) in [5, 5.41) is 0.413. The van der Waals surface area contributed by atoms with Crippen LogP contribution in [0.15, 0.2) is 321 Å². The molecule has 3 aliphatic rings. The minimum atomic E-state index is -0.552. The summed E-state index contributed by atoms with van der Waals surface area (Å²) in [6.07, 6.45) is 12.3. The molecule has 0 aromatic heterocycles. The van der Waals surface area contributed by atoms with Crippen molar-refractivity contribution in [1.29, 1.82) is 0 Å². The number of hydrogen-bond acceptors (Lipinski definition) is 4. The molecule has 0 N–H and O–H groups in total. The first kappa shape index (κ1) is 54.6. The Morgan fingerprint density at radius 2 is 0.814 bits per heavy atom. The average Bonchev–Trinajstić information content (AvgIpc) is 1.55. The van der Waals surface area contributed by atoms with Gasteiger partial charge in [0.1, 0.15) is 0 Å². The van der Waals surface area contributed by atoms with E-state index < -0.39 is 10.8 Å². The number of anilines is 6. The van der Waals surface area contributed by atoms with Crippen LogP contribution in [0.25, 0.3) is 33.4 Å². The lowest BCUT2D eigenvalue weighted by Crippen LogP contribution is -2.30. The Labute approximate surface area is 516 Å². The van der Waals surface area contributed by atoms with E-state index in [1.807, 2.05) is 35.7 Å². The maximum absolute atomic E-state index is 4.01. The van der Waals surface area contributed by atoms with Gasteiger partial charge in [0.25, 0.3) is 0 Å². The van der Waals surface area contributed by atoms with Gasteiger partial charge in [-0.05, 0) is 183 Å². The highest BCUT2D eigenvalue weighted by atomic mass is 32.2. The van der Waals surface area contributed by atoms with Gasteiger partial charge in [0.05, 0.1) is 10.8 Å². The van der Waals surface area contributed by atoms with Crippen molar-refractivity contribution >= 4 is 57.6 Å². The molecule has 0 amide bonds. The molecule has 4 heteroatoms. The largest absolute Gasteiger partial charge is 0.310 e. The third kappa shape index (κ3) is 9.49. The van der Waals surface area contributed by atoms with E-state index in [1.165, 1.54) is 82.8 Å². The van der Waals surface area contributed by atoms with Gasteiger partial charge in [-0.3, -0.25) is 0 Å². The quantitative estimate of drug-likeness (QED) is 0.0662. The summed E-state index contributed by atoms with van der Waals surface area (Å²) in [5.41, 5.74) is 25.7. The highest BCUT2D eigenvalue weighted by molar-refractivity contribution is 8.00. The van der Waals surface area contributed by atoms with Gasteiger partial charge in [-0.15, -0.1) is 36.7 Å². The summed E-state index contributed by atoms with van der Waals surface area (Å²) >= 11 is 3.77. The van der Waals surface area contributed by atoms with E-state index in [-0.39, 0.29) is 0 Å². The van der Waals surface area contributed by atoms with Gasteiger partial charge in [-0.1, -0.05) is 223 Å². The van der Waals surface area contributed by atoms with Crippen molar-refractivity contribution in [2.24, 2.45) is 0 Å². The maximum atomic E-state index is 4.01. The zero-order valence-corrected chi connectivity index (χ0v) is 50.2. The SMILES string of the molecule is C=CCSc1ccc(C2(c3ccc(C)cc3)c3ccccc3-c3ccc(N(c4ccccc4)c4ccc(-c5ccc(N(c6ccccc6)c6ccc7c(c6)C(C6=CCC(SCC=C)C=C6)(c6ccc(C)cc6)c6ccccc6-7)cc5)cc4)cc32)cc1. The second-order valence-electron chi connectivity index (χ2n) is 22.8. The molecule has 11 aromatic carbocycles. The molecule has 416 valence electrons. The molecule has 0 aliphatic heterocycles. The molecule has 14 rings (SSSR count). The van der Waals surface area contributed by atoms with Crippen LogP contribution in [0.3, 0.4) is 0 Å². The van der Waals surface area contributed by atoms with Crippen molar-refractivity contribution in [3.8, 4) is 33.4 Å². The first-order valence-electron chi connectivity index (χ1n) is 29.9. The fourth-order valence-electron chi connectivity index (χ4n) is 13.8. The van der Waals surface area contributed by atoms with Crippen molar-refractivity contribution in [2.75, 3.05) is 21.3 Å². The van der Waals surface area contributed by atoms with E-state index in [2.05, 4.69) is 322 Å². The molecule has 3 unspecified atom stereocenters. The Morgan fingerprint density at radius 1 is 0.407 bits per heavy atom. The number of benzene rings is 11. The van der Waals surface area contributed by atoms with Crippen LogP contribution < -0.4 is 9.80 Å². The lowest BCUT2D eigenvalue weighted by molar-refractivity contribution is 0.752. The Morgan fingerprint density at radius 3 is 1.29 bits per heavy atom. The van der Waals surface area contributed by atoms with Gasteiger partial charge in [0.2, 0.25) is 0 Å². The Balaban J connectivity index is 0.836. The van der Waals surface area contributed by atoms with Gasteiger partial charge in [-0.25, -0.2) is 0 Å². The highest BCUT2D eigenvalue weighted by Crippen LogP contribution is 2.60. The molecule has 0 saturated carbocycles. The molecule has 3 aliphatic carbocycles. The number of rotatable bonds is 17. The van der Waals surface area contributed by atoms with Crippen LogP contribution in [-0.2, 0) is 10.8 Å². The molecule has 0 heterocycles. The standard InChI is InChI=1S/C82H66N2S2/c1-5-53-85-71-47-37-63(38-48-71)81(61-33-25-57(3)26-34-61)77-23-15-13-21-73(77)75-51-45-69(55-79(75)81)83(65-17-9-7-10-18-65)67-41-29-59(30-42-67)60-31-43-68(44-32-60)84(66-19-11-8-12-20-66)70-46-52-76-74-22-14-16-24-78(74)82(80(76)56-70,62-35-27-58(4)28-36-62)64-39-49-72(50-40-64)86-54-6-2/h5-49,51-52,55-56,72H,1-2,50,53-54H2,3-4H3. The monoisotopic (exact) mass is 1140 g/mol. The van der Waals surface area contributed by atoms with Crippen molar-refractivity contribution < 1.29 is 0 Å². The molecule has 86 heavy (non-hydrogen) atoms. The van der Waals surface area contributed by atoms with Crippen LogP contribution in [0, 0.1) is 13.8 Å². The fraction of sp³-hybridized carbons (Fsp3) is 0.0976. The summed E-state index contributed by atoms with van der Waals surface area (Å²) in [6.45, 7) is 12.3. The zero-order valence-electron chi connectivity index (χ0n) is 48.6. The molecule has 0 radical (unpaired) electrons. The number of para-hydroxylation sites is 2. The highest BCUT2D eigenvalue weighted by Gasteiger charge is 2.48. The molecule has 3 atom stereocenters. The number of thioether (sulfide) groups is 2. The lowest BCUT2D eigenvalue weighted by atomic mass is 9.66. The molecule has 0 spiro atoms.